The summed E-state index contributed by atoms with van der Waals surface area (Å²) in [6.07, 6.45) is 5.19. The highest BCUT2D eigenvalue weighted by Crippen LogP contribution is 2.30. The van der Waals surface area contributed by atoms with Crippen LogP contribution in [0.1, 0.15) is 71.3 Å². The maximum atomic E-state index is 12.7. The predicted molar refractivity (Wildman–Crippen MR) is 119 cm³/mol. The van der Waals surface area contributed by atoms with E-state index in [1.54, 1.807) is 0 Å². The first-order valence-corrected chi connectivity index (χ1v) is 11.5. The van der Waals surface area contributed by atoms with Crippen molar-refractivity contribution >= 4 is 11.9 Å². The minimum atomic E-state index is -0.746. The van der Waals surface area contributed by atoms with Gasteiger partial charge >= 0.3 is 5.97 Å². The van der Waals surface area contributed by atoms with E-state index in [0.29, 0.717) is 37.5 Å². The Balaban J connectivity index is 1.92. The monoisotopic (exact) mass is 417 g/mol. The third kappa shape index (κ3) is 7.75. The first kappa shape index (κ1) is 24.4. The number of carboxylic acid groups (broad SMARTS) is 1. The van der Waals surface area contributed by atoms with E-state index in [0.717, 1.165) is 31.4 Å². The minimum absolute atomic E-state index is 0.172. The van der Waals surface area contributed by atoms with Gasteiger partial charge in [0.1, 0.15) is 0 Å². The lowest BCUT2D eigenvalue weighted by Gasteiger charge is -2.42. The van der Waals surface area contributed by atoms with Crippen molar-refractivity contribution in [3.8, 4) is 0 Å². The third-order valence-corrected chi connectivity index (χ3v) is 6.73. The molecule has 2 unspecified atom stereocenters. The van der Waals surface area contributed by atoms with E-state index in [4.69, 9.17) is 5.11 Å². The molecule has 30 heavy (non-hydrogen) atoms. The number of aliphatic carboxylic acids is 1. The summed E-state index contributed by atoms with van der Waals surface area (Å²) >= 11 is 0. The van der Waals surface area contributed by atoms with Gasteiger partial charge in [-0.25, -0.2) is 0 Å². The number of aliphatic hydroxyl groups excluding tert-OH is 1. The van der Waals surface area contributed by atoms with Gasteiger partial charge < -0.3 is 15.1 Å². The summed E-state index contributed by atoms with van der Waals surface area (Å²) in [4.78, 5) is 25.5. The second kappa shape index (κ2) is 12.1. The summed E-state index contributed by atoms with van der Waals surface area (Å²) in [7, 11) is 0. The van der Waals surface area contributed by atoms with Gasteiger partial charge in [0, 0.05) is 25.4 Å². The number of carbonyl (C=O) groups is 2. The molecule has 5 nitrogen and oxygen atoms in total. The van der Waals surface area contributed by atoms with Crippen LogP contribution in [0.4, 0.5) is 0 Å². The number of carbonyl (C=O) groups excluding carboxylic acids is 1. The lowest BCUT2D eigenvalue weighted by atomic mass is 9.84. The number of piperidine rings is 1. The highest BCUT2D eigenvalue weighted by Gasteiger charge is 2.34. The highest BCUT2D eigenvalue weighted by atomic mass is 16.4. The van der Waals surface area contributed by atoms with E-state index in [9.17, 15) is 14.7 Å². The lowest BCUT2D eigenvalue weighted by molar-refractivity contribution is -0.139. The predicted octanol–water partition coefficient (Wildman–Crippen LogP) is 4.52. The van der Waals surface area contributed by atoms with Crippen molar-refractivity contribution in [2.45, 2.75) is 84.3 Å². The van der Waals surface area contributed by atoms with Gasteiger partial charge in [0.25, 0.3) is 0 Å². The molecule has 1 aliphatic rings. The number of benzene rings is 1. The van der Waals surface area contributed by atoms with Crippen molar-refractivity contribution in [2.75, 3.05) is 6.54 Å². The zero-order valence-corrected chi connectivity index (χ0v) is 18.8. The quantitative estimate of drug-likeness (QED) is 0.524. The van der Waals surface area contributed by atoms with Crippen molar-refractivity contribution in [1.82, 2.24) is 4.90 Å². The molecule has 1 aromatic carbocycles. The van der Waals surface area contributed by atoms with E-state index >= 15 is 0 Å². The summed E-state index contributed by atoms with van der Waals surface area (Å²) in [5, 5.41) is 19.5. The number of hydrogen-bond acceptors (Lipinski definition) is 3. The topological polar surface area (TPSA) is 77.8 Å². The van der Waals surface area contributed by atoms with Crippen LogP contribution in [-0.4, -0.2) is 45.7 Å². The maximum absolute atomic E-state index is 12.7. The molecule has 2 N–H and O–H groups in total. The molecule has 0 spiro atoms. The van der Waals surface area contributed by atoms with Gasteiger partial charge in [0.05, 0.1) is 6.10 Å². The third-order valence-electron chi connectivity index (χ3n) is 6.73. The summed E-state index contributed by atoms with van der Waals surface area (Å²) in [5.74, 6) is 0.412. The largest absolute Gasteiger partial charge is 0.481 e. The zero-order chi connectivity index (χ0) is 22.1. The lowest BCUT2D eigenvalue weighted by Crippen LogP contribution is -2.49. The van der Waals surface area contributed by atoms with Crippen LogP contribution in [0.5, 0.6) is 0 Å². The summed E-state index contributed by atoms with van der Waals surface area (Å²) in [6, 6.07) is 10.2. The van der Waals surface area contributed by atoms with Crippen molar-refractivity contribution in [3.63, 3.8) is 0 Å². The van der Waals surface area contributed by atoms with E-state index in [2.05, 4.69) is 25.7 Å². The maximum Gasteiger partial charge on any atom is 0.303 e. The Hall–Kier alpha value is -1.88. The fourth-order valence-corrected chi connectivity index (χ4v) is 4.68. The van der Waals surface area contributed by atoms with Gasteiger partial charge in [-0.3, -0.25) is 9.59 Å². The molecule has 2 rings (SSSR count). The molecule has 1 heterocycles. The van der Waals surface area contributed by atoms with Crippen molar-refractivity contribution < 1.29 is 19.8 Å². The van der Waals surface area contributed by atoms with Gasteiger partial charge in [-0.05, 0) is 61.8 Å². The van der Waals surface area contributed by atoms with Crippen LogP contribution >= 0.6 is 0 Å². The van der Waals surface area contributed by atoms with Gasteiger partial charge in [-0.15, -0.1) is 0 Å². The molecule has 0 saturated carbocycles. The zero-order valence-electron chi connectivity index (χ0n) is 18.8. The molecule has 1 aromatic rings. The van der Waals surface area contributed by atoms with Gasteiger partial charge in [0.15, 0.2) is 0 Å². The Morgan fingerprint density at radius 1 is 1.17 bits per heavy atom. The summed E-state index contributed by atoms with van der Waals surface area (Å²) < 4.78 is 0. The smallest absolute Gasteiger partial charge is 0.303 e. The molecule has 1 aliphatic heterocycles. The number of hydrogen-bond donors (Lipinski definition) is 2. The summed E-state index contributed by atoms with van der Waals surface area (Å²) in [5.41, 5.74) is 1.14. The van der Waals surface area contributed by atoms with E-state index < -0.39 is 12.1 Å². The standard InChI is InChI=1S/C25H39NO4/c1-18(9-7-14-25(29)30)20(3)17-26-23(12-8-13-24(26)28)19(2)15-22(27)16-21-10-5-4-6-11-21/h4-6,10-11,18-20,22-23,27H,7-9,12-17H2,1-3H3,(H,29,30)/t18-,19-,20+,22?,23?/m0/s1. The van der Waals surface area contributed by atoms with E-state index in [-0.39, 0.29) is 24.3 Å². The number of carboxylic acids is 1. The van der Waals surface area contributed by atoms with Crippen LogP contribution in [0.25, 0.3) is 0 Å². The Morgan fingerprint density at radius 2 is 1.87 bits per heavy atom. The molecular weight excluding hydrogens is 378 g/mol. The van der Waals surface area contributed by atoms with Crippen LogP contribution < -0.4 is 0 Å². The number of amides is 1. The van der Waals surface area contributed by atoms with E-state index in [1.807, 2.05) is 30.3 Å². The fourth-order valence-electron chi connectivity index (χ4n) is 4.68. The number of likely N-dealkylation sites (tertiary alicyclic amines) is 1. The summed E-state index contributed by atoms with van der Waals surface area (Å²) in [6.45, 7) is 7.20. The van der Waals surface area contributed by atoms with Crippen molar-refractivity contribution in [2.24, 2.45) is 17.8 Å². The minimum Gasteiger partial charge on any atom is -0.481 e. The van der Waals surface area contributed by atoms with Crippen LogP contribution in [0.3, 0.4) is 0 Å². The van der Waals surface area contributed by atoms with Crippen molar-refractivity contribution in [1.29, 1.82) is 0 Å². The molecule has 5 atom stereocenters. The number of rotatable bonds is 12. The van der Waals surface area contributed by atoms with Crippen molar-refractivity contribution in [3.05, 3.63) is 35.9 Å². The Kier molecular flexibility index (Phi) is 9.83. The Morgan fingerprint density at radius 3 is 2.53 bits per heavy atom. The number of aliphatic hydroxyl groups is 1. The van der Waals surface area contributed by atoms with Crippen LogP contribution in [-0.2, 0) is 16.0 Å². The molecule has 0 bridgehead atoms. The molecule has 0 aliphatic carbocycles. The average Bonchev–Trinajstić information content (AvgIpc) is 2.69. The van der Waals surface area contributed by atoms with Gasteiger partial charge in [-0.2, -0.15) is 0 Å². The van der Waals surface area contributed by atoms with E-state index in [1.165, 1.54) is 0 Å². The second-order valence-electron chi connectivity index (χ2n) is 9.30. The average molecular weight is 418 g/mol. The molecule has 168 valence electrons. The van der Waals surface area contributed by atoms with Crippen LogP contribution in [0, 0.1) is 17.8 Å². The SMILES string of the molecule is C[C@H](CN1C(=O)CCCC1[C@@H](C)CC(O)Cc1ccccc1)[C@@H](C)CCCC(=O)O. The van der Waals surface area contributed by atoms with Crippen LogP contribution in [0.15, 0.2) is 30.3 Å². The fraction of sp³-hybridized carbons (Fsp3) is 0.680. The normalized spacial score (nSPS) is 21.1. The molecule has 0 aromatic heterocycles. The first-order chi connectivity index (χ1) is 14.3. The van der Waals surface area contributed by atoms with Gasteiger partial charge in [-0.1, -0.05) is 51.1 Å². The molecule has 1 amide bonds. The molecule has 1 saturated heterocycles. The van der Waals surface area contributed by atoms with Crippen LogP contribution in [0.2, 0.25) is 0 Å². The second-order valence-corrected chi connectivity index (χ2v) is 9.30. The molecular formula is C25H39NO4. The molecule has 1 fully saturated rings. The number of nitrogens with zero attached hydrogens (tertiary/aromatic N) is 1. The highest BCUT2D eigenvalue weighted by molar-refractivity contribution is 5.77. The molecule has 0 radical (unpaired) electrons. The first-order valence-electron chi connectivity index (χ1n) is 11.5. The Labute approximate surface area is 181 Å². The van der Waals surface area contributed by atoms with Gasteiger partial charge in [0.2, 0.25) is 5.91 Å². The molecule has 5 heteroatoms. The Bertz CT molecular complexity index is 662.